The number of esters is 1. The average molecular weight is 978 g/mol. The van der Waals surface area contributed by atoms with E-state index in [-0.39, 0.29) is 78.7 Å². The van der Waals surface area contributed by atoms with Crippen LogP contribution in [0.5, 0.6) is 0 Å². The average Bonchev–Trinajstić information content (AvgIpc) is 3.48. The highest BCUT2D eigenvalue weighted by molar-refractivity contribution is 5.91. The Morgan fingerprint density at radius 2 is 1.61 bits per heavy atom. The predicted molar refractivity (Wildman–Crippen MR) is 259 cm³/mol. The van der Waals surface area contributed by atoms with E-state index in [0.29, 0.717) is 45.2 Å². The molecule has 69 heavy (non-hydrogen) atoms. The third-order valence-corrected chi connectivity index (χ3v) is 19.0. The molecule has 3 saturated carbocycles. The predicted octanol–water partition coefficient (Wildman–Crippen LogP) is 3.33. The Morgan fingerprint density at radius 3 is 2.25 bits per heavy atom. The highest BCUT2D eigenvalue weighted by atomic mass is 16.7. The maximum absolute atomic E-state index is 14.5. The number of amides is 1. The van der Waals surface area contributed by atoms with Crippen LogP contribution in [-0.4, -0.2) is 175 Å². The number of carbonyl (C=O) groups is 3. The van der Waals surface area contributed by atoms with Crippen molar-refractivity contribution in [2.75, 3.05) is 33.7 Å². The molecule has 0 aromatic carbocycles. The second kappa shape index (κ2) is 21.0. The van der Waals surface area contributed by atoms with Gasteiger partial charge in [0.25, 0.3) is 5.91 Å². The van der Waals surface area contributed by atoms with E-state index in [4.69, 9.17) is 14.2 Å². The zero-order valence-electron chi connectivity index (χ0n) is 44.1. The minimum Gasteiger partial charge on any atom is -0.459 e. The minimum atomic E-state index is -1.93. The summed E-state index contributed by atoms with van der Waals surface area (Å²) in [5.41, 5.74) is -5.39. The van der Waals surface area contributed by atoms with E-state index in [1.54, 1.807) is 33.8 Å². The molecule has 0 aromatic heterocycles. The number of fused-ring (bicyclic) bond motifs is 5. The Labute approximate surface area is 411 Å². The molecule has 0 bridgehead atoms. The molecule has 6 unspecified atom stereocenters. The van der Waals surface area contributed by atoms with Crippen LogP contribution in [0.25, 0.3) is 0 Å². The molecule has 2 aliphatic heterocycles. The summed E-state index contributed by atoms with van der Waals surface area (Å²) in [6.45, 7) is 20.5. The highest BCUT2D eigenvalue weighted by Crippen LogP contribution is 2.68. The number of aliphatic hydroxyl groups is 7. The van der Waals surface area contributed by atoms with Crippen molar-refractivity contribution >= 4 is 17.7 Å². The van der Waals surface area contributed by atoms with Gasteiger partial charge in [-0.15, -0.1) is 0 Å². The Bertz CT molecular complexity index is 1860. The van der Waals surface area contributed by atoms with Crippen LogP contribution in [0.15, 0.2) is 11.6 Å². The van der Waals surface area contributed by atoms with E-state index in [1.807, 2.05) is 51.6 Å². The van der Waals surface area contributed by atoms with Crippen molar-refractivity contribution in [3.63, 3.8) is 0 Å². The minimum absolute atomic E-state index is 0.00562. The molecule has 4 aliphatic carbocycles. The standard InChI is InChI=1S/C53H91N3O13/c1-14-40-52(11,65)44(61)33(7)56(27-28(2)25-51(10,64)45(31(5)42(59)32(6)46(62)68-40)69-47-43(60)38(55(12)13)23-30(4)67-47)21-15-20-54-48(63)53(66)29(3)22-37-36-17-16-34-24-35(57)18-19-49(34,8)41(36)39(58)26-50(37,53)9/h24,28-33,36-45,47,58-61,64-66H,14-23,25-27H2,1-13H3,(H,54,63)/t28-,29-,30?,31+,32-,33-,36?,37?,38-,39+,40-,41?,42+,43-,44-,45?,47?,49+,50+,51-,52-,53+/m1/s1. The van der Waals surface area contributed by atoms with Crippen LogP contribution in [0.4, 0.5) is 0 Å². The number of nitrogens with zero attached hydrogens (tertiary/aromatic N) is 2. The van der Waals surface area contributed by atoms with Gasteiger partial charge in [-0.3, -0.25) is 19.3 Å². The van der Waals surface area contributed by atoms with Gasteiger partial charge in [-0.1, -0.05) is 47.1 Å². The Balaban J connectivity index is 1.22. The first-order valence-electron chi connectivity index (χ1n) is 26.3. The molecular weight excluding hydrogens is 887 g/mol. The van der Waals surface area contributed by atoms with Crippen LogP contribution >= 0.6 is 0 Å². The lowest BCUT2D eigenvalue weighted by Gasteiger charge is -2.60. The molecular formula is C53H91N3O13. The molecule has 5 fully saturated rings. The molecule has 396 valence electrons. The maximum atomic E-state index is 14.5. The van der Waals surface area contributed by atoms with Crippen molar-refractivity contribution in [2.24, 2.45) is 52.3 Å². The number of allylic oxidation sites excluding steroid dienone is 1. The van der Waals surface area contributed by atoms with E-state index in [2.05, 4.69) is 12.2 Å². The number of cyclic esters (lactones) is 1. The summed E-state index contributed by atoms with van der Waals surface area (Å²) < 4.78 is 18.6. The van der Waals surface area contributed by atoms with Gasteiger partial charge >= 0.3 is 5.97 Å². The number of hydrogen-bond acceptors (Lipinski definition) is 15. The number of carbonyl (C=O) groups excluding carboxylic acids is 3. The summed E-state index contributed by atoms with van der Waals surface area (Å²) in [6.07, 6.45) is -1.73. The lowest BCUT2D eigenvalue weighted by atomic mass is 9.45. The number of likely N-dealkylation sites (N-methyl/N-ethyl adjacent to an activating group) is 1. The van der Waals surface area contributed by atoms with Crippen LogP contribution < -0.4 is 5.32 Å². The first-order chi connectivity index (χ1) is 32.0. The molecule has 1 amide bonds. The first kappa shape index (κ1) is 56.2. The lowest BCUT2D eigenvalue weighted by molar-refractivity contribution is -0.299. The summed E-state index contributed by atoms with van der Waals surface area (Å²) in [7, 11) is 3.72. The van der Waals surface area contributed by atoms with Gasteiger partial charge in [0.15, 0.2) is 17.7 Å². The zero-order valence-corrected chi connectivity index (χ0v) is 44.1. The Kier molecular flexibility index (Phi) is 17.1. The molecule has 0 aromatic rings. The van der Waals surface area contributed by atoms with Crippen molar-refractivity contribution in [3.05, 3.63) is 11.6 Å². The van der Waals surface area contributed by atoms with Crippen molar-refractivity contribution in [1.29, 1.82) is 0 Å². The molecule has 2 heterocycles. The Hall–Kier alpha value is -2.09. The molecule has 2 saturated heterocycles. The number of nitrogens with one attached hydrogen (secondary N) is 1. The number of rotatable bonds is 9. The molecule has 6 aliphatic rings. The van der Waals surface area contributed by atoms with E-state index < -0.39 is 94.9 Å². The molecule has 16 nitrogen and oxygen atoms in total. The van der Waals surface area contributed by atoms with Gasteiger partial charge in [-0.2, -0.15) is 0 Å². The van der Waals surface area contributed by atoms with Gasteiger partial charge in [0.2, 0.25) is 0 Å². The quantitative estimate of drug-likeness (QED) is 0.122. The van der Waals surface area contributed by atoms with Crippen molar-refractivity contribution < 1.29 is 64.3 Å². The van der Waals surface area contributed by atoms with Crippen LogP contribution in [0.3, 0.4) is 0 Å². The summed E-state index contributed by atoms with van der Waals surface area (Å²) in [6, 6.07) is -1.03. The third-order valence-electron chi connectivity index (χ3n) is 19.0. The third kappa shape index (κ3) is 10.4. The second-order valence-electron chi connectivity index (χ2n) is 24.3. The largest absolute Gasteiger partial charge is 0.459 e. The van der Waals surface area contributed by atoms with Crippen LogP contribution in [0.1, 0.15) is 140 Å². The summed E-state index contributed by atoms with van der Waals surface area (Å²) >= 11 is 0. The van der Waals surface area contributed by atoms with Gasteiger partial charge in [0.1, 0.15) is 23.9 Å². The van der Waals surface area contributed by atoms with Crippen molar-refractivity contribution in [2.45, 2.75) is 218 Å². The van der Waals surface area contributed by atoms with Crippen LogP contribution in [-0.2, 0) is 28.6 Å². The van der Waals surface area contributed by atoms with Crippen molar-refractivity contribution in [3.8, 4) is 0 Å². The molecule has 16 heteroatoms. The number of aliphatic hydroxyl groups excluding tert-OH is 4. The van der Waals surface area contributed by atoms with E-state index >= 15 is 0 Å². The molecule has 6 rings (SSSR count). The number of ether oxygens (including phenoxy) is 3. The summed E-state index contributed by atoms with van der Waals surface area (Å²) in [5.74, 6) is -3.77. The van der Waals surface area contributed by atoms with Gasteiger partial charge in [-0.25, -0.2) is 0 Å². The first-order valence-corrected chi connectivity index (χ1v) is 26.3. The normalized spacial score (nSPS) is 49.4. The topological polar surface area (TPSA) is 239 Å². The van der Waals surface area contributed by atoms with Crippen molar-refractivity contribution in [1.82, 2.24) is 15.1 Å². The molecule has 22 atom stereocenters. The fourth-order valence-corrected chi connectivity index (χ4v) is 15.0. The van der Waals surface area contributed by atoms with E-state index in [0.717, 1.165) is 18.4 Å². The summed E-state index contributed by atoms with van der Waals surface area (Å²) in [4.78, 5) is 44.6. The number of ketones is 1. The van der Waals surface area contributed by atoms with E-state index in [9.17, 15) is 50.1 Å². The fraction of sp³-hybridized carbons (Fsp3) is 0.906. The molecule has 8 N–H and O–H groups in total. The maximum Gasteiger partial charge on any atom is 0.311 e. The summed E-state index contributed by atoms with van der Waals surface area (Å²) in [5, 5.41) is 87.6. The van der Waals surface area contributed by atoms with Crippen LogP contribution in [0.2, 0.25) is 0 Å². The number of hydrogen-bond donors (Lipinski definition) is 8. The monoisotopic (exact) mass is 978 g/mol. The Morgan fingerprint density at radius 1 is 0.942 bits per heavy atom. The second-order valence-corrected chi connectivity index (χ2v) is 24.3. The molecule has 0 radical (unpaired) electrons. The van der Waals surface area contributed by atoms with Gasteiger partial charge in [0.05, 0.1) is 35.9 Å². The fourth-order valence-electron chi connectivity index (χ4n) is 15.0. The zero-order chi connectivity index (χ0) is 51.5. The van der Waals surface area contributed by atoms with E-state index in [1.165, 1.54) is 13.8 Å². The smallest absolute Gasteiger partial charge is 0.311 e. The van der Waals surface area contributed by atoms with Gasteiger partial charge < -0.3 is 60.2 Å². The van der Waals surface area contributed by atoms with Gasteiger partial charge in [-0.05, 0) is 148 Å². The van der Waals surface area contributed by atoms with Gasteiger partial charge in [0, 0.05) is 49.5 Å². The highest BCUT2D eigenvalue weighted by Gasteiger charge is 2.71. The SMILES string of the molecule is CC[C@H]1OC(=O)[C@H](C)[C@@H](O)[C@H](C)C(OC2OC(C)C[C@@H](N(C)C)[C@H]2O)[C@](C)(O)C[C@@H](C)CN(CCCNC(=O)[C@@]2(O)[C@H](C)CC3C4CCC5=CC(=O)CC[C@]5(C)C4[C@@H](O)C[C@@]32C)[C@H](C)[C@@H](O)[C@]1(C)O. The molecule has 0 spiro atoms. The van der Waals surface area contributed by atoms with Crippen LogP contribution in [0, 0.1) is 52.3 Å². The lowest BCUT2D eigenvalue weighted by Crippen LogP contribution is -2.64.